The summed E-state index contributed by atoms with van der Waals surface area (Å²) in [6.07, 6.45) is 2.19. The van der Waals surface area contributed by atoms with Crippen LogP contribution in [0.15, 0.2) is 26.0 Å². The molecule has 7 heteroatoms. The van der Waals surface area contributed by atoms with Crippen LogP contribution in [0, 0.1) is 5.92 Å². The predicted octanol–water partition coefficient (Wildman–Crippen LogP) is 4.95. The predicted molar refractivity (Wildman–Crippen MR) is 84.4 cm³/mol. The standard InChI is InChI=1S/C12H15Br2ClO3S/c1-3-4-8(2)7-18-12-10(13)5-9(6-11(12)14)19(15,16)17/h5-6,8H,3-4,7H2,1-2H3. The topological polar surface area (TPSA) is 43.4 Å². The van der Waals surface area contributed by atoms with E-state index in [-0.39, 0.29) is 4.90 Å². The van der Waals surface area contributed by atoms with E-state index in [2.05, 4.69) is 45.7 Å². The second-order valence-electron chi connectivity index (χ2n) is 4.36. The molecule has 0 aliphatic carbocycles. The van der Waals surface area contributed by atoms with E-state index in [1.54, 1.807) is 0 Å². The second kappa shape index (κ2) is 7.29. The molecule has 0 radical (unpaired) electrons. The van der Waals surface area contributed by atoms with E-state index in [0.29, 0.717) is 27.2 Å². The molecular formula is C12H15Br2ClO3S. The normalized spacial score (nSPS) is 13.3. The van der Waals surface area contributed by atoms with Gasteiger partial charge in [0.1, 0.15) is 5.75 Å². The number of hydrogen-bond donors (Lipinski definition) is 0. The third-order valence-corrected chi connectivity index (χ3v) is 5.06. The SMILES string of the molecule is CCCC(C)COc1c(Br)cc(S(=O)(=O)Cl)cc1Br. The van der Waals surface area contributed by atoms with Crippen LogP contribution in [0.5, 0.6) is 5.75 Å². The molecule has 0 saturated heterocycles. The van der Waals surface area contributed by atoms with Crippen molar-refractivity contribution in [2.24, 2.45) is 5.92 Å². The summed E-state index contributed by atoms with van der Waals surface area (Å²) in [7, 11) is 1.57. The van der Waals surface area contributed by atoms with Crippen LogP contribution in [-0.4, -0.2) is 15.0 Å². The van der Waals surface area contributed by atoms with Crippen LogP contribution in [0.2, 0.25) is 0 Å². The zero-order chi connectivity index (χ0) is 14.6. The Morgan fingerprint density at radius 2 is 1.84 bits per heavy atom. The Hall–Kier alpha value is 0.220. The lowest BCUT2D eigenvalue weighted by molar-refractivity contribution is 0.248. The van der Waals surface area contributed by atoms with Crippen LogP contribution in [0.4, 0.5) is 0 Å². The van der Waals surface area contributed by atoms with Crippen molar-refractivity contribution in [3.05, 3.63) is 21.1 Å². The maximum atomic E-state index is 11.3. The van der Waals surface area contributed by atoms with Crippen molar-refractivity contribution in [3.63, 3.8) is 0 Å². The molecule has 19 heavy (non-hydrogen) atoms. The quantitative estimate of drug-likeness (QED) is 0.595. The monoisotopic (exact) mass is 432 g/mol. The van der Waals surface area contributed by atoms with E-state index in [4.69, 9.17) is 15.4 Å². The lowest BCUT2D eigenvalue weighted by Crippen LogP contribution is -2.09. The summed E-state index contributed by atoms with van der Waals surface area (Å²) in [5.41, 5.74) is 0. The van der Waals surface area contributed by atoms with Gasteiger partial charge in [-0.1, -0.05) is 20.3 Å². The van der Waals surface area contributed by atoms with Gasteiger partial charge in [0.05, 0.1) is 20.4 Å². The Morgan fingerprint density at radius 3 is 2.26 bits per heavy atom. The molecule has 0 N–H and O–H groups in total. The highest BCUT2D eigenvalue weighted by Gasteiger charge is 2.17. The number of halogens is 3. The highest BCUT2D eigenvalue weighted by molar-refractivity contribution is 9.11. The molecule has 0 amide bonds. The summed E-state index contributed by atoms with van der Waals surface area (Å²) in [5, 5.41) is 0. The van der Waals surface area contributed by atoms with Crippen molar-refractivity contribution in [3.8, 4) is 5.75 Å². The van der Waals surface area contributed by atoms with Crippen molar-refractivity contribution < 1.29 is 13.2 Å². The molecule has 1 atom stereocenters. The van der Waals surface area contributed by atoms with Gasteiger partial charge < -0.3 is 4.74 Å². The minimum Gasteiger partial charge on any atom is -0.491 e. The fourth-order valence-corrected chi connectivity index (χ4v) is 4.12. The molecule has 0 heterocycles. The summed E-state index contributed by atoms with van der Waals surface area (Å²) in [5.74, 6) is 1.03. The summed E-state index contributed by atoms with van der Waals surface area (Å²) >= 11 is 6.60. The molecule has 1 unspecified atom stereocenters. The summed E-state index contributed by atoms with van der Waals surface area (Å²) in [6.45, 7) is 4.82. The van der Waals surface area contributed by atoms with E-state index >= 15 is 0 Å². The van der Waals surface area contributed by atoms with Crippen LogP contribution in [0.3, 0.4) is 0 Å². The number of rotatable bonds is 6. The van der Waals surface area contributed by atoms with E-state index in [1.807, 2.05) is 0 Å². The highest BCUT2D eigenvalue weighted by atomic mass is 79.9. The van der Waals surface area contributed by atoms with Crippen molar-refractivity contribution in [1.29, 1.82) is 0 Å². The lowest BCUT2D eigenvalue weighted by Gasteiger charge is -2.15. The van der Waals surface area contributed by atoms with Crippen LogP contribution in [0.1, 0.15) is 26.7 Å². The smallest absolute Gasteiger partial charge is 0.261 e. The molecular weight excluding hydrogens is 419 g/mol. The van der Waals surface area contributed by atoms with Gasteiger partial charge in [0.25, 0.3) is 9.05 Å². The molecule has 0 aromatic heterocycles. The van der Waals surface area contributed by atoms with Gasteiger partial charge in [0, 0.05) is 10.7 Å². The molecule has 3 nitrogen and oxygen atoms in total. The van der Waals surface area contributed by atoms with E-state index < -0.39 is 9.05 Å². The number of hydrogen-bond acceptors (Lipinski definition) is 3. The molecule has 0 aliphatic rings. The maximum Gasteiger partial charge on any atom is 0.261 e. The van der Waals surface area contributed by atoms with Gasteiger partial charge in [0.15, 0.2) is 0 Å². The molecule has 0 fully saturated rings. The average Bonchev–Trinajstić information content (AvgIpc) is 2.26. The Bertz CT molecular complexity index is 523. The zero-order valence-corrected chi connectivity index (χ0v) is 15.4. The largest absolute Gasteiger partial charge is 0.491 e. The van der Waals surface area contributed by atoms with Crippen molar-refractivity contribution in [2.45, 2.75) is 31.6 Å². The minimum atomic E-state index is -3.75. The van der Waals surface area contributed by atoms with Gasteiger partial charge in [-0.2, -0.15) is 0 Å². The first-order valence-corrected chi connectivity index (χ1v) is 9.71. The van der Waals surface area contributed by atoms with E-state index in [1.165, 1.54) is 12.1 Å². The fourth-order valence-electron chi connectivity index (χ4n) is 1.62. The third-order valence-electron chi connectivity index (χ3n) is 2.55. The van der Waals surface area contributed by atoms with Gasteiger partial charge in [-0.05, 0) is 56.3 Å². The van der Waals surface area contributed by atoms with E-state index in [0.717, 1.165) is 12.8 Å². The van der Waals surface area contributed by atoms with Crippen LogP contribution < -0.4 is 4.74 Å². The lowest BCUT2D eigenvalue weighted by atomic mass is 10.1. The first kappa shape index (κ1) is 17.3. The van der Waals surface area contributed by atoms with Gasteiger partial charge in [0.2, 0.25) is 0 Å². The Balaban J connectivity index is 2.92. The van der Waals surface area contributed by atoms with Gasteiger partial charge in [-0.3, -0.25) is 0 Å². The molecule has 0 saturated carbocycles. The number of benzene rings is 1. The minimum absolute atomic E-state index is 0.0295. The van der Waals surface area contributed by atoms with Gasteiger partial charge >= 0.3 is 0 Å². The molecule has 0 bridgehead atoms. The Morgan fingerprint density at radius 1 is 1.32 bits per heavy atom. The summed E-state index contributed by atoms with van der Waals surface area (Å²) in [6, 6.07) is 2.87. The molecule has 1 aromatic rings. The van der Waals surface area contributed by atoms with Gasteiger partial charge in [-0.15, -0.1) is 0 Å². The molecule has 0 aliphatic heterocycles. The van der Waals surface area contributed by atoms with Crippen molar-refractivity contribution in [1.82, 2.24) is 0 Å². The van der Waals surface area contributed by atoms with Crippen LogP contribution >= 0.6 is 42.5 Å². The average molecular weight is 435 g/mol. The molecule has 1 aromatic carbocycles. The summed E-state index contributed by atoms with van der Waals surface area (Å²) < 4.78 is 29.4. The summed E-state index contributed by atoms with van der Waals surface area (Å²) in [4.78, 5) is 0.0295. The van der Waals surface area contributed by atoms with Crippen LogP contribution in [0.25, 0.3) is 0 Å². The van der Waals surface area contributed by atoms with Gasteiger partial charge in [-0.25, -0.2) is 8.42 Å². The first-order chi connectivity index (χ1) is 8.75. The third kappa shape index (κ3) is 5.25. The van der Waals surface area contributed by atoms with Crippen LogP contribution in [-0.2, 0) is 9.05 Å². The zero-order valence-electron chi connectivity index (χ0n) is 10.6. The Kier molecular flexibility index (Phi) is 6.63. The maximum absolute atomic E-state index is 11.3. The second-order valence-corrected chi connectivity index (χ2v) is 8.63. The van der Waals surface area contributed by atoms with Crippen molar-refractivity contribution in [2.75, 3.05) is 6.61 Å². The Labute approximate surface area is 135 Å². The molecule has 1 rings (SSSR count). The highest BCUT2D eigenvalue weighted by Crippen LogP contribution is 2.37. The molecule has 108 valence electrons. The number of ether oxygens (including phenoxy) is 1. The van der Waals surface area contributed by atoms with E-state index in [9.17, 15) is 8.42 Å². The van der Waals surface area contributed by atoms with Crippen molar-refractivity contribution >= 4 is 51.6 Å². The fraction of sp³-hybridized carbons (Fsp3) is 0.500. The molecule has 0 spiro atoms. The first-order valence-electron chi connectivity index (χ1n) is 5.82.